The molecule has 3 saturated heterocycles. The summed E-state index contributed by atoms with van der Waals surface area (Å²) in [6, 6.07) is 14.4. The van der Waals surface area contributed by atoms with Crippen LogP contribution in [0.15, 0.2) is 52.1 Å². The third kappa shape index (κ3) is 4.66. The Bertz CT molecular complexity index is 855. The van der Waals surface area contributed by atoms with Crippen LogP contribution in [-0.4, -0.2) is 57.5 Å². The van der Waals surface area contributed by atoms with Gasteiger partial charge in [-0.05, 0) is 55.3 Å². The van der Waals surface area contributed by atoms with Gasteiger partial charge in [-0.1, -0.05) is 36.4 Å². The van der Waals surface area contributed by atoms with Gasteiger partial charge in [0.2, 0.25) is 10.0 Å². The molecule has 3 fully saturated rings. The van der Waals surface area contributed by atoms with Crippen molar-refractivity contribution in [3.05, 3.63) is 53.4 Å². The summed E-state index contributed by atoms with van der Waals surface area (Å²) in [5, 5.41) is 1.80. The molecule has 28 heavy (non-hydrogen) atoms. The number of sulfonamides is 1. The zero-order valence-electron chi connectivity index (χ0n) is 16.3. The SMILES string of the molecule is CN(Cc1ccccc1)CC1CN2CCC1CC2CNS(=O)(=O)c1cccs1. The van der Waals surface area contributed by atoms with Gasteiger partial charge in [-0.25, -0.2) is 13.1 Å². The molecule has 4 unspecified atom stereocenters. The summed E-state index contributed by atoms with van der Waals surface area (Å²) >= 11 is 1.27. The fourth-order valence-electron chi connectivity index (χ4n) is 4.72. The van der Waals surface area contributed by atoms with Crippen molar-refractivity contribution in [2.45, 2.75) is 29.6 Å². The van der Waals surface area contributed by atoms with Gasteiger partial charge in [0.1, 0.15) is 4.21 Å². The molecule has 2 bridgehead atoms. The van der Waals surface area contributed by atoms with E-state index >= 15 is 0 Å². The lowest BCUT2D eigenvalue weighted by molar-refractivity contribution is -0.00822. The average molecular weight is 420 g/mol. The average Bonchev–Trinajstić information content (AvgIpc) is 3.24. The highest BCUT2D eigenvalue weighted by Crippen LogP contribution is 2.36. The van der Waals surface area contributed by atoms with Crippen LogP contribution in [0, 0.1) is 11.8 Å². The molecule has 152 valence electrons. The molecule has 0 spiro atoms. The minimum atomic E-state index is -3.37. The van der Waals surface area contributed by atoms with E-state index in [-0.39, 0.29) is 0 Å². The largest absolute Gasteiger partial charge is 0.302 e. The van der Waals surface area contributed by atoms with Crippen molar-refractivity contribution in [1.29, 1.82) is 0 Å². The Kier molecular flexibility index (Phi) is 6.18. The number of nitrogens with zero attached hydrogens (tertiary/aromatic N) is 2. The van der Waals surface area contributed by atoms with Crippen LogP contribution >= 0.6 is 11.3 Å². The van der Waals surface area contributed by atoms with E-state index in [1.54, 1.807) is 17.5 Å². The second-order valence-electron chi connectivity index (χ2n) is 8.16. The molecule has 4 atom stereocenters. The first-order valence-electron chi connectivity index (χ1n) is 10.0. The molecule has 1 aromatic carbocycles. The first-order valence-corrected chi connectivity index (χ1v) is 12.4. The number of thiophene rings is 1. The van der Waals surface area contributed by atoms with Crippen molar-refractivity contribution in [3.8, 4) is 0 Å². The third-order valence-corrected chi connectivity index (χ3v) is 8.95. The summed E-state index contributed by atoms with van der Waals surface area (Å²) in [5.74, 6) is 1.37. The molecule has 1 N–H and O–H groups in total. The minimum Gasteiger partial charge on any atom is -0.302 e. The normalized spacial score (nSPS) is 27.4. The van der Waals surface area contributed by atoms with Crippen molar-refractivity contribution < 1.29 is 8.42 Å². The van der Waals surface area contributed by atoms with Gasteiger partial charge < -0.3 is 4.90 Å². The monoisotopic (exact) mass is 419 g/mol. The highest BCUT2D eigenvalue weighted by atomic mass is 32.2. The Morgan fingerprint density at radius 1 is 1.21 bits per heavy atom. The second kappa shape index (κ2) is 8.63. The summed E-state index contributed by atoms with van der Waals surface area (Å²) in [6.07, 6.45) is 2.33. The van der Waals surface area contributed by atoms with Crippen LogP contribution in [-0.2, 0) is 16.6 Å². The van der Waals surface area contributed by atoms with Crippen LogP contribution in [0.5, 0.6) is 0 Å². The second-order valence-corrected chi connectivity index (χ2v) is 11.1. The van der Waals surface area contributed by atoms with Crippen molar-refractivity contribution in [2.75, 3.05) is 33.2 Å². The maximum Gasteiger partial charge on any atom is 0.250 e. The summed E-state index contributed by atoms with van der Waals surface area (Å²) in [6.45, 7) is 4.77. The fraction of sp³-hybridized carbons (Fsp3) is 0.524. The molecule has 7 heteroatoms. The number of hydrogen-bond donors (Lipinski definition) is 1. The maximum absolute atomic E-state index is 12.4. The number of benzene rings is 1. The van der Waals surface area contributed by atoms with Gasteiger partial charge in [-0.2, -0.15) is 0 Å². The van der Waals surface area contributed by atoms with Crippen LogP contribution in [0.1, 0.15) is 18.4 Å². The van der Waals surface area contributed by atoms with Gasteiger partial charge in [0.05, 0.1) is 0 Å². The van der Waals surface area contributed by atoms with Gasteiger partial charge in [0.15, 0.2) is 0 Å². The van der Waals surface area contributed by atoms with E-state index in [0.717, 1.165) is 32.6 Å². The molecule has 3 aliphatic rings. The molecule has 5 rings (SSSR count). The molecular weight excluding hydrogens is 390 g/mol. The van der Waals surface area contributed by atoms with Crippen molar-refractivity contribution >= 4 is 21.4 Å². The standard InChI is InChI=1S/C21H29N3O2S2/c1-23(14-17-6-3-2-4-7-17)15-19-16-24-10-9-18(19)12-20(24)13-22-28(25,26)21-8-5-11-27-21/h2-8,11,18-20,22H,9-10,12-16H2,1H3. The van der Waals surface area contributed by atoms with E-state index in [2.05, 4.69) is 51.9 Å². The van der Waals surface area contributed by atoms with E-state index in [1.165, 1.54) is 23.3 Å². The Hall–Kier alpha value is -1.25. The quantitative estimate of drug-likeness (QED) is 0.715. The van der Waals surface area contributed by atoms with Gasteiger partial charge >= 0.3 is 0 Å². The molecule has 5 nitrogen and oxygen atoms in total. The number of hydrogen-bond acceptors (Lipinski definition) is 5. The zero-order chi connectivity index (χ0) is 19.6. The van der Waals surface area contributed by atoms with Gasteiger partial charge in [0, 0.05) is 32.2 Å². The summed E-state index contributed by atoms with van der Waals surface area (Å²) < 4.78 is 28.0. The van der Waals surface area contributed by atoms with Crippen LogP contribution in [0.3, 0.4) is 0 Å². The van der Waals surface area contributed by atoms with E-state index in [1.807, 2.05) is 0 Å². The minimum absolute atomic E-state index is 0.323. The number of piperidine rings is 3. The first kappa shape index (κ1) is 20.0. The highest BCUT2D eigenvalue weighted by Gasteiger charge is 2.40. The topological polar surface area (TPSA) is 52.6 Å². The molecular formula is C21H29N3O2S2. The number of rotatable bonds is 8. The lowest BCUT2D eigenvalue weighted by atomic mass is 9.75. The number of nitrogens with one attached hydrogen (secondary N) is 1. The van der Waals surface area contributed by atoms with Crippen LogP contribution in [0.25, 0.3) is 0 Å². The van der Waals surface area contributed by atoms with Crippen molar-refractivity contribution in [2.24, 2.45) is 11.8 Å². The number of fused-ring (bicyclic) bond motifs is 3. The summed E-state index contributed by atoms with van der Waals surface area (Å²) in [7, 11) is -1.16. The van der Waals surface area contributed by atoms with Gasteiger partial charge in [-0.3, -0.25) is 4.90 Å². The third-order valence-electron chi connectivity index (χ3n) is 6.12. The molecule has 1 aromatic heterocycles. The van der Waals surface area contributed by atoms with Crippen LogP contribution < -0.4 is 4.72 Å². The first-order chi connectivity index (χ1) is 13.5. The maximum atomic E-state index is 12.4. The molecule has 2 aromatic rings. The van der Waals surface area contributed by atoms with E-state index < -0.39 is 10.0 Å². The van der Waals surface area contributed by atoms with Crippen molar-refractivity contribution in [3.63, 3.8) is 0 Å². The fourth-order valence-corrected chi connectivity index (χ4v) is 6.83. The molecule has 0 amide bonds. The van der Waals surface area contributed by atoms with Crippen LogP contribution in [0.4, 0.5) is 0 Å². The Balaban J connectivity index is 1.29. The molecule has 0 saturated carbocycles. The van der Waals surface area contributed by atoms with E-state index in [0.29, 0.717) is 28.6 Å². The van der Waals surface area contributed by atoms with Crippen molar-refractivity contribution in [1.82, 2.24) is 14.5 Å². The Labute approximate surface area is 172 Å². The lowest BCUT2D eigenvalue weighted by Crippen LogP contribution is -2.58. The smallest absolute Gasteiger partial charge is 0.250 e. The van der Waals surface area contributed by atoms with Gasteiger partial charge in [-0.15, -0.1) is 11.3 Å². The van der Waals surface area contributed by atoms with E-state index in [4.69, 9.17) is 0 Å². The highest BCUT2D eigenvalue weighted by molar-refractivity contribution is 7.91. The predicted octanol–water partition coefficient (Wildman–Crippen LogP) is 2.87. The summed E-state index contributed by atoms with van der Waals surface area (Å²) in [5.41, 5.74) is 1.35. The van der Waals surface area contributed by atoms with E-state index in [9.17, 15) is 8.42 Å². The molecule has 0 aliphatic carbocycles. The molecule has 4 heterocycles. The molecule has 3 aliphatic heterocycles. The lowest BCUT2D eigenvalue weighted by Gasteiger charge is -2.50. The zero-order valence-corrected chi connectivity index (χ0v) is 18.0. The molecule has 0 radical (unpaired) electrons. The van der Waals surface area contributed by atoms with Crippen LogP contribution in [0.2, 0.25) is 0 Å². The predicted molar refractivity (Wildman–Crippen MR) is 114 cm³/mol. The Morgan fingerprint density at radius 2 is 2.04 bits per heavy atom. The summed E-state index contributed by atoms with van der Waals surface area (Å²) in [4.78, 5) is 4.92. The van der Waals surface area contributed by atoms with Gasteiger partial charge in [0.25, 0.3) is 0 Å². The Morgan fingerprint density at radius 3 is 2.71 bits per heavy atom.